The monoisotopic (exact) mass is 430 g/mol. The Balaban J connectivity index is 1.55. The fourth-order valence-electron chi connectivity index (χ4n) is 4.53. The van der Waals surface area contributed by atoms with Crippen molar-refractivity contribution in [3.05, 3.63) is 35.4 Å². The van der Waals surface area contributed by atoms with Crippen molar-refractivity contribution in [2.45, 2.75) is 51.0 Å². The Labute approximate surface area is 184 Å². The number of carbonyl (C=O) groups is 3. The lowest BCUT2D eigenvalue weighted by molar-refractivity contribution is -0.150. The van der Waals surface area contributed by atoms with Crippen LogP contribution >= 0.6 is 0 Å². The normalized spacial score (nSPS) is 19.9. The number of aliphatic hydroxyl groups excluding tert-OH is 1. The van der Waals surface area contributed by atoms with Gasteiger partial charge in [0.2, 0.25) is 0 Å². The lowest BCUT2D eigenvalue weighted by Crippen LogP contribution is -2.74. The summed E-state index contributed by atoms with van der Waals surface area (Å²) in [6.07, 6.45) is 5.16. The highest BCUT2D eigenvalue weighted by Gasteiger charge is 2.54. The number of aryl methyl sites for hydroxylation is 2. The van der Waals surface area contributed by atoms with Crippen molar-refractivity contribution in [1.29, 1.82) is 0 Å². The van der Waals surface area contributed by atoms with E-state index in [-0.39, 0.29) is 6.61 Å². The predicted octanol–water partition coefficient (Wildman–Crippen LogP) is 1.20. The zero-order valence-electron chi connectivity index (χ0n) is 18.4. The minimum atomic E-state index is -1.34. The van der Waals surface area contributed by atoms with Crippen molar-refractivity contribution in [3.63, 3.8) is 0 Å². The molecule has 0 saturated carbocycles. The van der Waals surface area contributed by atoms with Crippen LogP contribution in [0.5, 0.6) is 0 Å². The molecule has 0 aliphatic carbocycles. The van der Waals surface area contributed by atoms with Gasteiger partial charge in [-0.1, -0.05) is 49.1 Å². The molecule has 0 aromatic heterocycles. The van der Waals surface area contributed by atoms with E-state index < -0.39 is 23.4 Å². The Morgan fingerprint density at radius 2 is 1.52 bits per heavy atom. The number of hydrogen-bond acceptors (Lipinski definition) is 6. The number of β-amino-alcohol motifs (C(OH)–C–C–N with tert-alkyl or cyclic N) is 1. The molecule has 2 aliphatic heterocycles. The van der Waals surface area contributed by atoms with Crippen LogP contribution in [0.15, 0.2) is 24.3 Å². The molecular weight excluding hydrogens is 396 g/mol. The third-order valence-electron chi connectivity index (χ3n) is 6.41. The molecule has 0 atom stereocenters. The number of amides is 4. The lowest BCUT2D eigenvalue weighted by atomic mass is 9.85. The molecule has 1 aromatic rings. The van der Waals surface area contributed by atoms with Crippen LogP contribution in [0.3, 0.4) is 0 Å². The topological polar surface area (TPSA) is 102 Å². The van der Waals surface area contributed by atoms with Gasteiger partial charge < -0.3 is 5.11 Å². The summed E-state index contributed by atoms with van der Waals surface area (Å²) in [5.41, 5.74) is 1.25. The maximum Gasteiger partial charge on any atom is 0.328 e. The summed E-state index contributed by atoms with van der Waals surface area (Å²) in [6.45, 7) is 5.19. The first-order valence-corrected chi connectivity index (χ1v) is 11.3. The highest BCUT2D eigenvalue weighted by Crippen LogP contribution is 2.28. The van der Waals surface area contributed by atoms with Gasteiger partial charge in [-0.25, -0.2) is 4.79 Å². The van der Waals surface area contributed by atoms with E-state index in [1.54, 1.807) is 0 Å². The largest absolute Gasteiger partial charge is 0.395 e. The summed E-state index contributed by atoms with van der Waals surface area (Å²) in [5, 5.41) is 13.8. The number of aliphatic hydroxyl groups is 1. The van der Waals surface area contributed by atoms with E-state index in [9.17, 15) is 14.4 Å². The van der Waals surface area contributed by atoms with Gasteiger partial charge >= 0.3 is 6.03 Å². The zero-order chi connectivity index (χ0) is 22.3. The molecule has 0 radical (unpaired) electrons. The summed E-state index contributed by atoms with van der Waals surface area (Å²) < 4.78 is 0. The quantitative estimate of drug-likeness (QED) is 0.381. The summed E-state index contributed by atoms with van der Waals surface area (Å²) in [6, 6.07) is 7.83. The molecule has 8 nitrogen and oxygen atoms in total. The average Bonchev–Trinajstić information content (AvgIpc) is 2.74. The number of nitrogens with zero attached hydrogens (tertiary/aromatic N) is 2. The first-order chi connectivity index (χ1) is 15.0. The maximum atomic E-state index is 12.9. The van der Waals surface area contributed by atoms with Crippen molar-refractivity contribution in [2.24, 2.45) is 0 Å². The smallest absolute Gasteiger partial charge is 0.328 e. The Morgan fingerprint density at radius 1 is 0.903 bits per heavy atom. The summed E-state index contributed by atoms with van der Waals surface area (Å²) >= 11 is 0. The van der Waals surface area contributed by atoms with Crippen LogP contribution in [0.25, 0.3) is 0 Å². The van der Waals surface area contributed by atoms with Gasteiger partial charge in [-0.2, -0.15) is 0 Å². The van der Waals surface area contributed by atoms with Crippen LogP contribution in [0, 0.1) is 6.92 Å². The molecule has 2 fully saturated rings. The van der Waals surface area contributed by atoms with Crippen molar-refractivity contribution >= 4 is 17.8 Å². The number of imide groups is 2. The molecule has 170 valence electrons. The third-order valence-corrected chi connectivity index (χ3v) is 6.41. The molecule has 2 aliphatic rings. The van der Waals surface area contributed by atoms with Gasteiger partial charge in [-0.15, -0.1) is 0 Å². The fourth-order valence-corrected chi connectivity index (χ4v) is 4.53. The van der Waals surface area contributed by atoms with Crippen molar-refractivity contribution in [1.82, 2.24) is 20.4 Å². The second-order valence-electron chi connectivity index (χ2n) is 8.55. The number of hydrogen-bond donors (Lipinski definition) is 3. The third kappa shape index (κ3) is 5.70. The van der Waals surface area contributed by atoms with E-state index in [1.165, 1.54) is 11.1 Å². The number of urea groups is 1. The molecule has 0 spiro atoms. The summed E-state index contributed by atoms with van der Waals surface area (Å²) in [7, 11) is 0. The highest BCUT2D eigenvalue weighted by molar-refractivity contribution is 6.22. The average molecular weight is 431 g/mol. The Morgan fingerprint density at radius 3 is 2.13 bits per heavy atom. The number of barbiturate groups is 1. The van der Waals surface area contributed by atoms with Gasteiger partial charge in [0.15, 0.2) is 5.54 Å². The van der Waals surface area contributed by atoms with Gasteiger partial charge in [-0.3, -0.25) is 30.0 Å². The lowest BCUT2D eigenvalue weighted by Gasteiger charge is -2.46. The van der Waals surface area contributed by atoms with E-state index in [2.05, 4.69) is 46.7 Å². The number of benzene rings is 1. The Kier molecular flexibility index (Phi) is 8.17. The van der Waals surface area contributed by atoms with Gasteiger partial charge in [0.05, 0.1) is 6.61 Å². The number of piperazine rings is 1. The van der Waals surface area contributed by atoms with Gasteiger partial charge in [-0.05, 0) is 31.7 Å². The first-order valence-electron chi connectivity index (χ1n) is 11.3. The molecule has 8 heteroatoms. The molecular formula is C23H34N4O4. The van der Waals surface area contributed by atoms with Crippen LogP contribution < -0.4 is 10.6 Å². The predicted molar refractivity (Wildman–Crippen MR) is 117 cm³/mol. The number of carbonyl (C=O) groups excluding carboxylic acids is 3. The van der Waals surface area contributed by atoms with Crippen molar-refractivity contribution in [3.8, 4) is 0 Å². The van der Waals surface area contributed by atoms with Crippen LogP contribution in [0.4, 0.5) is 4.79 Å². The SMILES string of the molecule is Cc1ccc(CCCCCCC2(N3CCN(CCO)CC3)C(=O)NC(=O)NC2=O)cc1. The minimum Gasteiger partial charge on any atom is -0.395 e. The van der Waals surface area contributed by atoms with E-state index in [0.717, 1.165) is 32.1 Å². The second-order valence-corrected chi connectivity index (χ2v) is 8.55. The highest BCUT2D eigenvalue weighted by atomic mass is 16.3. The summed E-state index contributed by atoms with van der Waals surface area (Å²) in [5.74, 6) is -1.03. The number of nitrogens with one attached hydrogen (secondary N) is 2. The molecule has 2 saturated heterocycles. The molecule has 3 rings (SSSR count). The van der Waals surface area contributed by atoms with Crippen LogP contribution in [-0.2, 0) is 16.0 Å². The van der Waals surface area contributed by atoms with E-state index >= 15 is 0 Å². The van der Waals surface area contributed by atoms with Crippen LogP contribution in [0.2, 0.25) is 0 Å². The minimum absolute atomic E-state index is 0.0865. The summed E-state index contributed by atoms with van der Waals surface area (Å²) in [4.78, 5) is 41.4. The molecule has 31 heavy (non-hydrogen) atoms. The van der Waals surface area contributed by atoms with Crippen molar-refractivity contribution < 1.29 is 19.5 Å². The molecule has 0 bridgehead atoms. The van der Waals surface area contributed by atoms with Crippen molar-refractivity contribution in [2.75, 3.05) is 39.3 Å². The van der Waals surface area contributed by atoms with Gasteiger partial charge in [0.1, 0.15) is 0 Å². The van der Waals surface area contributed by atoms with Gasteiger partial charge in [0.25, 0.3) is 11.8 Å². The Bertz CT molecular complexity index is 752. The van der Waals surface area contributed by atoms with Crippen LogP contribution in [-0.4, -0.2) is 77.6 Å². The molecule has 3 N–H and O–H groups in total. The molecule has 0 unspecified atom stereocenters. The standard InChI is InChI=1S/C23H34N4O4/c1-18-7-9-19(10-8-18)6-4-2-3-5-11-23(20(29)24-22(31)25-21(23)30)27-14-12-26(13-15-27)16-17-28/h7-10,28H,2-6,11-17H2,1H3,(H2,24,25,29,30,31). The van der Waals surface area contributed by atoms with E-state index in [0.29, 0.717) is 39.1 Å². The van der Waals surface area contributed by atoms with Gasteiger partial charge in [0, 0.05) is 32.7 Å². The first kappa shape index (κ1) is 23.4. The number of unbranched alkanes of at least 4 members (excludes halogenated alkanes) is 3. The maximum absolute atomic E-state index is 12.9. The molecule has 4 amide bonds. The number of rotatable bonds is 10. The second kappa shape index (κ2) is 10.8. The zero-order valence-corrected chi connectivity index (χ0v) is 18.4. The van der Waals surface area contributed by atoms with Crippen LogP contribution in [0.1, 0.15) is 43.2 Å². The fraction of sp³-hybridized carbons (Fsp3) is 0.609. The molecule has 2 heterocycles. The van der Waals surface area contributed by atoms with E-state index in [4.69, 9.17) is 5.11 Å². The molecule has 1 aromatic carbocycles. The van der Waals surface area contributed by atoms with E-state index in [1.807, 2.05) is 4.90 Å². The Hall–Kier alpha value is -2.29.